The lowest BCUT2D eigenvalue weighted by Gasteiger charge is -2.40. The molecule has 0 radical (unpaired) electrons. The molecule has 0 N–H and O–H groups in total. The van der Waals surface area contributed by atoms with Crippen molar-refractivity contribution in [3.63, 3.8) is 0 Å². The summed E-state index contributed by atoms with van der Waals surface area (Å²) in [6, 6.07) is 43.6. The maximum Gasteiger partial charge on any atom is 0.0770 e. The first-order valence-electron chi connectivity index (χ1n) is 13.5. The third-order valence-corrected chi connectivity index (χ3v) is 8.57. The van der Waals surface area contributed by atoms with Gasteiger partial charge in [-0.3, -0.25) is 4.99 Å². The van der Waals surface area contributed by atoms with Crippen LogP contribution in [0.5, 0.6) is 0 Å². The van der Waals surface area contributed by atoms with E-state index in [0.717, 1.165) is 22.5 Å². The highest BCUT2D eigenvalue weighted by Crippen LogP contribution is 2.60. The van der Waals surface area contributed by atoms with E-state index in [1.165, 1.54) is 49.7 Å². The monoisotopic (exact) mass is 498 g/mol. The van der Waals surface area contributed by atoms with E-state index in [1.807, 2.05) is 12.1 Å². The van der Waals surface area contributed by atoms with Crippen LogP contribution in [-0.2, 0) is 5.41 Å². The van der Waals surface area contributed by atoms with Crippen molar-refractivity contribution in [2.45, 2.75) is 12.3 Å². The minimum atomic E-state index is -0.519. The van der Waals surface area contributed by atoms with E-state index < -0.39 is 5.41 Å². The Balaban J connectivity index is 1.57. The van der Waals surface area contributed by atoms with Gasteiger partial charge >= 0.3 is 0 Å². The molecule has 1 unspecified atom stereocenters. The molecular weight excluding hydrogens is 472 g/mol. The molecule has 1 spiro atoms. The van der Waals surface area contributed by atoms with Crippen LogP contribution in [-0.4, -0.2) is 10.3 Å². The van der Waals surface area contributed by atoms with Gasteiger partial charge in [0.2, 0.25) is 0 Å². The highest BCUT2D eigenvalue weighted by molar-refractivity contribution is 6.13. The molecule has 39 heavy (non-hydrogen) atoms. The van der Waals surface area contributed by atoms with Crippen molar-refractivity contribution >= 4 is 33.2 Å². The number of benzene rings is 5. The molecular formula is C37H26N2. The highest BCUT2D eigenvalue weighted by Gasteiger charge is 2.51. The lowest BCUT2D eigenvalue weighted by atomic mass is 9.64. The Kier molecular flexibility index (Phi) is 4.54. The Labute approximate surface area is 227 Å². The maximum atomic E-state index is 5.34. The first kappa shape index (κ1) is 22.1. The second-order valence-electron chi connectivity index (χ2n) is 10.4. The molecule has 2 nitrogen and oxygen atoms in total. The van der Waals surface area contributed by atoms with E-state index in [4.69, 9.17) is 4.99 Å². The molecule has 0 bridgehead atoms. The summed E-state index contributed by atoms with van der Waals surface area (Å²) in [5, 5.41) is 2.55. The van der Waals surface area contributed by atoms with Crippen LogP contribution in [0.25, 0.3) is 33.2 Å². The summed E-state index contributed by atoms with van der Waals surface area (Å²) in [5.74, 6) is 0. The number of rotatable bonds is 3. The van der Waals surface area contributed by atoms with Gasteiger partial charge in [-0.15, -0.1) is 0 Å². The van der Waals surface area contributed by atoms with E-state index in [-0.39, 0.29) is 0 Å². The van der Waals surface area contributed by atoms with Crippen LogP contribution >= 0.6 is 0 Å². The number of fused-ring (bicyclic) bond motifs is 9. The fraction of sp³-hybridized carbons (Fsp3) is 0.0541. The number of para-hydroxylation sites is 3. The van der Waals surface area contributed by atoms with Gasteiger partial charge in [0.1, 0.15) is 0 Å². The second kappa shape index (κ2) is 8.02. The first-order valence-corrected chi connectivity index (χ1v) is 13.5. The molecule has 184 valence electrons. The summed E-state index contributed by atoms with van der Waals surface area (Å²) in [5.41, 5.74) is 12.4. The number of aliphatic imine (C=N–C) groups is 1. The zero-order chi connectivity index (χ0) is 26.1. The quantitative estimate of drug-likeness (QED) is 0.217. The summed E-state index contributed by atoms with van der Waals surface area (Å²) in [6.45, 7) is 6.51. The van der Waals surface area contributed by atoms with Gasteiger partial charge in [-0.1, -0.05) is 122 Å². The molecule has 0 saturated carbocycles. The van der Waals surface area contributed by atoms with Crippen LogP contribution in [0.1, 0.15) is 34.7 Å². The van der Waals surface area contributed by atoms with Crippen molar-refractivity contribution in [2.75, 3.05) is 0 Å². The van der Waals surface area contributed by atoms with E-state index in [9.17, 15) is 0 Å². The Bertz CT molecular complexity index is 2040. The minimum Gasteiger partial charge on any atom is -0.309 e. The number of nitrogens with zero attached hydrogens (tertiary/aromatic N) is 2. The van der Waals surface area contributed by atoms with Crippen molar-refractivity contribution in [3.05, 3.63) is 167 Å². The van der Waals surface area contributed by atoms with Crippen molar-refractivity contribution in [2.24, 2.45) is 4.99 Å². The zero-order valence-corrected chi connectivity index (χ0v) is 21.7. The molecule has 2 heterocycles. The molecule has 0 amide bonds. The van der Waals surface area contributed by atoms with Crippen LogP contribution in [0, 0.1) is 0 Å². The van der Waals surface area contributed by atoms with Crippen molar-refractivity contribution in [3.8, 4) is 5.69 Å². The summed E-state index contributed by atoms with van der Waals surface area (Å²) >= 11 is 0. The van der Waals surface area contributed by atoms with Gasteiger partial charge in [0.05, 0.1) is 27.8 Å². The van der Waals surface area contributed by atoms with Gasteiger partial charge in [0.15, 0.2) is 0 Å². The lowest BCUT2D eigenvalue weighted by molar-refractivity contribution is 0.742. The second-order valence-corrected chi connectivity index (χ2v) is 10.4. The topological polar surface area (TPSA) is 17.3 Å². The molecule has 1 aromatic heterocycles. The largest absolute Gasteiger partial charge is 0.309 e. The maximum absolute atomic E-state index is 5.34. The van der Waals surface area contributed by atoms with E-state index >= 15 is 0 Å². The molecule has 1 atom stereocenters. The SMILES string of the molecule is C=CC1=C(N=C(C)c2ccccc2)c2ccccc2C12c1ccccc1-n1c3ccccc3c3cccc2c31. The van der Waals surface area contributed by atoms with Crippen LogP contribution < -0.4 is 0 Å². The Morgan fingerprint density at radius 3 is 2.21 bits per heavy atom. The predicted molar refractivity (Wildman–Crippen MR) is 163 cm³/mol. The van der Waals surface area contributed by atoms with E-state index in [0.29, 0.717) is 0 Å². The molecule has 0 saturated heterocycles. The molecule has 8 rings (SSSR count). The predicted octanol–water partition coefficient (Wildman–Crippen LogP) is 8.85. The third kappa shape index (κ3) is 2.73. The molecule has 2 aliphatic rings. The van der Waals surface area contributed by atoms with Crippen LogP contribution in [0.3, 0.4) is 0 Å². The van der Waals surface area contributed by atoms with Crippen LogP contribution in [0.4, 0.5) is 0 Å². The number of hydrogen-bond acceptors (Lipinski definition) is 1. The summed E-state index contributed by atoms with van der Waals surface area (Å²) in [7, 11) is 0. The lowest BCUT2D eigenvalue weighted by Crippen LogP contribution is -2.34. The smallest absolute Gasteiger partial charge is 0.0770 e. The molecule has 6 aromatic rings. The fourth-order valence-corrected chi connectivity index (χ4v) is 7.05. The fourth-order valence-electron chi connectivity index (χ4n) is 7.05. The average molecular weight is 499 g/mol. The van der Waals surface area contributed by atoms with Crippen molar-refractivity contribution < 1.29 is 0 Å². The highest BCUT2D eigenvalue weighted by atomic mass is 15.0. The zero-order valence-electron chi connectivity index (χ0n) is 21.7. The van der Waals surface area contributed by atoms with Gasteiger partial charge in [-0.25, -0.2) is 0 Å². The number of hydrogen-bond donors (Lipinski definition) is 0. The van der Waals surface area contributed by atoms with E-state index in [1.54, 1.807) is 0 Å². The van der Waals surface area contributed by atoms with Gasteiger partial charge in [0.25, 0.3) is 0 Å². The summed E-state index contributed by atoms with van der Waals surface area (Å²) < 4.78 is 2.46. The Morgan fingerprint density at radius 2 is 1.36 bits per heavy atom. The standard InChI is InChI=1S/C37H26N2/c1-3-29-35(38-24(2)25-14-5-4-6-15-25)28-17-7-9-19-30(28)37(29)31-20-10-12-23-34(31)39-33-22-11-8-16-26(33)27-18-13-21-32(37)36(27)39/h3-23H,1H2,2H3. The third-order valence-electron chi connectivity index (χ3n) is 8.57. The average Bonchev–Trinajstić information content (AvgIpc) is 3.48. The molecule has 2 heteroatoms. The van der Waals surface area contributed by atoms with Gasteiger partial charge in [0, 0.05) is 22.0 Å². The van der Waals surface area contributed by atoms with Crippen molar-refractivity contribution in [1.82, 2.24) is 4.57 Å². The van der Waals surface area contributed by atoms with Crippen LogP contribution in [0.2, 0.25) is 0 Å². The van der Waals surface area contributed by atoms with Crippen LogP contribution in [0.15, 0.2) is 145 Å². The number of allylic oxidation sites excluding steroid dienone is 2. The normalized spacial score (nSPS) is 17.6. The first-order chi connectivity index (χ1) is 19.2. The summed E-state index contributed by atoms with van der Waals surface area (Å²) in [6.07, 6.45) is 2.05. The van der Waals surface area contributed by atoms with Gasteiger partial charge in [-0.05, 0) is 46.9 Å². The Hall–Kier alpha value is -4.95. The minimum absolute atomic E-state index is 0.519. The van der Waals surface area contributed by atoms with Gasteiger partial charge in [-0.2, -0.15) is 0 Å². The van der Waals surface area contributed by atoms with Gasteiger partial charge < -0.3 is 4.57 Å². The molecule has 5 aromatic carbocycles. The summed E-state index contributed by atoms with van der Waals surface area (Å²) in [4.78, 5) is 5.34. The van der Waals surface area contributed by atoms with Crippen molar-refractivity contribution in [1.29, 1.82) is 0 Å². The Morgan fingerprint density at radius 1 is 0.692 bits per heavy atom. The molecule has 0 fully saturated rings. The molecule has 1 aliphatic carbocycles. The molecule has 1 aliphatic heterocycles. The number of aromatic nitrogens is 1. The van der Waals surface area contributed by atoms with E-state index in [2.05, 4.69) is 133 Å².